The molecule has 1 aliphatic rings. The summed E-state index contributed by atoms with van der Waals surface area (Å²) < 4.78 is 0. The zero-order valence-electron chi connectivity index (χ0n) is 11.7. The predicted molar refractivity (Wildman–Crippen MR) is 71.8 cm³/mol. The van der Waals surface area contributed by atoms with Crippen molar-refractivity contribution in [3.8, 4) is 0 Å². The van der Waals surface area contributed by atoms with Crippen LogP contribution in [0.4, 0.5) is 0 Å². The van der Waals surface area contributed by atoms with Crippen molar-refractivity contribution in [3.63, 3.8) is 0 Å². The van der Waals surface area contributed by atoms with Crippen molar-refractivity contribution in [3.05, 3.63) is 0 Å². The first kappa shape index (κ1) is 14.0. The van der Waals surface area contributed by atoms with Crippen molar-refractivity contribution in [2.45, 2.75) is 58.9 Å². The van der Waals surface area contributed by atoms with Gasteiger partial charge in [0.1, 0.15) is 0 Å². The van der Waals surface area contributed by atoms with Crippen LogP contribution in [0.25, 0.3) is 0 Å². The summed E-state index contributed by atoms with van der Waals surface area (Å²) in [6.45, 7) is 14.3. The van der Waals surface area contributed by atoms with Gasteiger partial charge in [0.25, 0.3) is 0 Å². The smallest absolute Gasteiger partial charge is 0.0277 e. The molecule has 0 bridgehead atoms. The summed E-state index contributed by atoms with van der Waals surface area (Å²) in [7, 11) is 0. The number of hydrogen-bond acceptors (Lipinski definition) is 2. The molecule has 2 nitrogen and oxygen atoms in total. The van der Waals surface area contributed by atoms with Gasteiger partial charge in [0.2, 0.25) is 0 Å². The number of nitrogens with one attached hydrogen (secondary N) is 1. The van der Waals surface area contributed by atoms with E-state index in [-0.39, 0.29) is 0 Å². The Bertz CT molecular complexity index is 189. The summed E-state index contributed by atoms with van der Waals surface area (Å²) in [4.78, 5) is 2.68. The van der Waals surface area contributed by atoms with Gasteiger partial charge >= 0.3 is 0 Å². The molecule has 0 aromatic rings. The maximum absolute atomic E-state index is 3.71. The van der Waals surface area contributed by atoms with Gasteiger partial charge in [-0.15, -0.1) is 0 Å². The monoisotopic (exact) mass is 226 g/mol. The van der Waals surface area contributed by atoms with Crippen LogP contribution in [0.15, 0.2) is 0 Å². The lowest BCUT2D eigenvalue weighted by Crippen LogP contribution is -2.49. The molecule has 1 unspecified atom stereocenters. The number of rotatable bonds is 5. The van der Waals surface area contributed by atoms with Gasteiger partial charge in [0.05, 0.1) is 0 Å². The minimum atomic E-state index is 0.336. The first-order valence-electron chi connectivity index (χ1n) is 7.11. The summed E-state index contributed by atoms with van der Waals surface area (Å²) in [5, 5.41) is 3.71. The normalized spacial score (nSPS) is 28.3. The Morgan fingerprint density at radius 1 is 1.25 bits per heavy atom. The lowest BCUT2D eigenvalue weighted by atomic mass is 9.97. The number of hydrogen-bond donors (Lipinski definition) is 1. The van der Waals surface area contributed by atoms with Crippen LogP contribution in [0.5, 0.6) is 0 Å². The second-order valence-electron chi connectivity index (χ2n) is 5.61. The Labute approximate surface area is 102 Å². The van der Waals surface area contributed by atoms with Crippen LogP contribution >= 0.6 is 0 Å². The van der Waals surface area contributed by atoms with Crippen LogP contribution in [-0.2, 0) is 0 Å². The second kappa shape index (κ2) is 6.61. The van der Waals surface area contributed by atoms with Crippen molar-refractivity contribution in [2.75, 3.05) is 26.2 Å². The molecule has 1 heterocycles. The average molecular weight is 226 g/mol. The van der Waals surface area contributed by atoms with E-state index < -0.39 is 0 Å². The zero-order valence-corrected chi connectivity index (χ0v) is 11.7. The van der Waals surface area contributed by atoms with E-state index in [9.17, 15) is 0 Å². The number of nitrogens with zero attached hydrogens (tertiary/aromatic N) is 1. The van der Waals surface area contributed by atoms with E-state index in [4.69, 9.17) is 0 Å². The third-order valence-corrected chi connectivity index (χ3v) is 4.23. The van der Waals surface area contributed by atoms with Gasteiger partial charge in [-0.2, -0.15) is 0 Å². The molecule has 2 heteroatoms. The lowest BCUT2D eigenvalue weighted by Gasteiger charge is -2.34. The molecule has 0 saturated carbocycles. The van der Waals surface area contributed by atoms with E-state index in [0.29, 0.717) is 5.54 Å². The minimum absolute atomic E-state index is 0.336. The molecule has 16 heavy (non-hydrogen) atoms. The van der Waals surface area contributed by atoms with Crippen LogP contribution in [0.1, 0.15) is 53.4 Å². The van der Waals surface area contributed by atoms with Crippen molar-refractivity contribution in [1.82, 2.24) is 10.2 Å². The molecule has 1 aliphatic heterocycles. The van der Waals surface area contributed by atoms with Crippen LogP contribution in [0.2, 0.25) is 0 Å². The molecular formula is C14H30N2. The fourth-order valence-corrected chi connectivity index (χ4v) is 2.63. The SMILES string of the molecule is CCC(CC)CN1CCCNC(C)(CC)C1. The van der Waals surface area contributed by atoms with E-state index in [0.717, 1.165) is 5.92 Å². The van der Waals surface area contributed by atoms with Gasteiger partial charge in [0, 0.05) is 18.6 Å². The Hall–Kier alpha value is -0.0800. The molecule has 1 N–H and O–H groups in total. The van der Waals surface area contributed by atoms with Crippen LogP contribution < -0.4 is 5.32 Å². The molecule has 1 atom stereocenters. The van der Waals surface area contributed by atoms with E-state index in [1.54, 1.807) is 0 Å². The fourth-order valence-electron chi connectivity index (χ4n) is 2.63. The summed E-state index contributed by atoms with van der Waals surface area (Å²) in [5.74, 6) is 0.888. The predicted octanol–water partition coefficient (Wildman–Crippen LogP) is 2.89. The molecular weight excluding hydrogens is 196 g/mol. The molecule has 1 saturated heterocycles. The van der Waals surface area contributed by atoms with Gasteiger partial charge in [-0.1, -0.05) is 33.6 Å². The molecule has 0 aromatic heterocycles. The van der Waals surface area contributed by atoms with E-state index in [2.05, 4.69) is 37.9 Å². The van der Waals surface area contributed by atoms with Gasteiger partial charge < -0.3 is 10.2 Å². The second-order valence-corrected chi connectivity index (χ2v) is 5.61. The van der Waals surface area contributed by atoms with Crippen LogP contribution in [-0.4, -0.2) is 36.6 Å². The first-order valence-corrected chi connectivity index (χ1v) is 7.11. The highest BCUT2D eigenvalue weighted by Crippen LogP contribution is 2.18. The molecule has 0 spiro atoms. The fraction of sp³-hybridized carbons (Fsp3) is 1.00. The van der Waals surface area contributed by atoms with Crippen LogP contribution in [0, 0.1) is 5.92 Å². The summed E-state index contributed by atoms with van der Waals surface area (Å²) in [6, 6.07) is 0. The highest BCUT2D eigenvalue weighted by molar-refractivity contribution is 4.88. The molecule has 0 aliphatic carbocycles. The highest BCUT2D eigenvalue weighted by Gasteiger charge is 2.27. The zero-order chi connectivity index (χ0) is 12.0. The Morgan fingerprint density at radius 2 is 1.94 bits per heavy atom. The summed E-state index contributed by atoms with van der Waals surface area (Å²) in [5.41, 5.74) is 0.336. The largest absolute Gasteiger partial charge is 0.310 e. The maximum Gasteiger partial charge on any atom is 0.0277 e. The van der Waals surface area contributed by atoms with E-state index >= 15 is 0 Å². The van der Waals surface area contributed by atoms with Crippen molar-refractivity contribution >= 4 is 0 Å². The minimum Gasteiger partial charge on any atom is -0.310 e. The third-order valence-electron chi connectivity index (χ3n) is 4.23. The van der Waals surface area contributed by atoms with Gasteiger partial charge in [-0.25, -0.2) is 0 Å². The topological polar surface area (TPSA) is 15.3 Å². The van der Waals surface area contributed by atoms with E-state index in [1.807, 2.05) is 0 Å². The van der Waals surface area contributed by atoms with Gasteiger partial charge in [-0.05, 0) is 38.8 Å². The summed E-state index contributed by atoms with van der Waals surface area (Å²) in [6.07, 6.45) is 5.18. The first-order chi connectivity index (χ1) is 7.63. The van der Waals surface area contributed by atoms with Gasteiger partial charge in [0.15, 0.2) is 0 Å². The summed E-state index contributed by atoms with van der Waals surface area (Å²) >= 11 is 0. The quantitative estimate of drug-likeness (QED) is 0.775. The van der Waals surface area contributed by atoms with Crippen LogP contribution in [0.3, 0.4) is 0 Å². The van der Waals surface area contributed by atoms with Gasteiger partial charge in [-0.3, -0.25) is 0 Å². The average Bonchev–Trinajstić information content (AvgIpc) is 2.48. The highest BCUT2D eigenvalue weighted by atomic mass is 15.2. The molecule has 0 aromatic carbocycles. The molecule has 1 rings (SSSR count). The maximum atomic E-state index is 3.71. The van der Waals surface area contributed by atoms with Crippen molar-refractivity contribution < 1.29 is 0 Å². The van der Waals surface area contributed by atoms with E-state index in [1.165, 1.54) is 51.9 Å². The molecule has 1 fully saturated rings. The lowest BCUT2D eigenvalue weighted by molar-refractivity contribution is 0.184. The Morgan fingerprint density at radius 3 is 2.50 bits per heavy atom. The third kappa shape index (κ3) is 4.06. The molecule has 96 valence electrons. The van der Waals surface area contributed by atoms with Crippen molar-refractivity contribution in [1.29, 1.82) is 0 Å². The Balaban J connectivity index is 2.51. The van der Waals surface area contributed by atoms with Crippen molar-refractivity contribution in [2.24, 2.45) is 5.92 Å². The molecule has 0 amide bonds. The Kier molecular flexibility index (Phi) is 5.77. The molecule has 0 radical (unpaired) electrons. The standard InChI is InChI=1S/C14H30N2/c1-5-13(6-2)11-16-10-8-9-15-14(4,7-3)12-16/h13,15H,5-12H2,1-4H3.